The molecule has 1 aromatic heterocycles. The minimum Gasteiger partial charge on any atom is -0.376 e. The predicted octanol–water partition coefficient (Wildman–Crippen LogP) is 1.90. The Morgan fingerprint density at radius 3 is 3.13 bits per heavy atom. The quantitative estimate of drug-likeness (QED) is 0.645. The van der Waals surface area contributed by atoms with Crippen molar-refractivity contribution < 1.29 is 9.64 Å². The van der Waals surface area contributed by atoms with Gasteiger partial charge in [-0.1, -0.05) is 12.0 Å². The highest BCUT2D eigenvalue weighted by Gasteiger charge is 2.26. The van der Waals surface area contributed by atoms with Crippen LogP contribution in [0.3, 0.4) is 0 Å². The Kier molecular flexibility index (Phi) is 7.60. The van der Waals surface area contributed by atoms with E-state index in [1.54, 1.807) is 4.90 Å². The normalized spacial score (nSPS) is 21.7. The second-order valence-electron chi connectivity index (χ2n) is 6.07. The summed E-state index contributed by atoms with van der Waals surface area (Å²) in [6.45, 7) is 4.57. The molecule has 1 unspecified atom stereocenters. The molecule has 1 aromatic rings. The Hall–Kier alpha value is -1.88. The van der Waals surface area contributed by atoms with Crippen molar-refractivity contribution in [2.24, 2.45) is 0 Å². The van der Waals surface area contributed by atoms with Crippen molar-refractivity contribution in [2.45, 2.75) is 51.2 Å². The summed E-state index contributed by atoms with van der Waals surface area (Å²) in [4.78, 5) is 5.81. The number of nitriles is 1. The third kappa shape index (κ3) is 6.02. The first-order valence-corrected chi connectivity index (χ1v) is 8.50. The Balaban J connectivity index is 1.81. The van der Waals surface area contributed by atoms with E-state index in [4.69, 9.17) is 10.00 Å². The number of aromatic nitrogens is 1. The Morgan fingerprint density at radius 1 is 1.43 bits per heavy atom. The maximum atomic E-state index is 8.49. The summed E-state index contributed by atoms with van der Waals surface area (Å²) in [6, 6.07) is 6.81. The Labute approximate surface area is 139 Å². The maximum Gasteiger partial charge on any atom is 0.139 e. The number of rotatable bonds is 6. The van der Waals surface area contributed by atoms with Crippen molar-refractivity contribution >= 4 is 0 Å². The maximum absolute atomic E-state index is 8.49. The molecule has 4 nitrogen and oxygen atoms in total. The minimum absolute atomic E-state index is 0.0985. The number of piperidine rings is 1. The number of quaternary nitrogens is 1. The summed E-state index contributed by atoms with van der Waals surface area (Å²) < 4.78 is 5.52. The molecular formula is C19H26N3O+. The van der Waals surface area contributed by atoms with Crippen LogP contribution in [0.1, 0.15) is 50.6 Å². The molecule has 0 amide bonds. The van der Waals surface area contributed by atoms with Gasteiger partial charge in [0, 0.05) is 30.8 Å². The van der Waals surface area contributed by atoms with Crippen LogP contribution in [0.4, 0.5) is 0 Å². The Bertz CT molecular complexity index is 555. The van der Waals surface area contributed by atoms with E-state index < -0.39 is 0 Å². The summed E-state index contributed by atoms with van der Waals surface area (Å²) in [6.07, 6.45) is 8.89. The summed E-state index contributed by atoms with van der Waals surface area (Å²) >= 11 is 0. The fraction of sp³-hybridized carbons (Fsp3) is 0.579. The lowest BCUT2D eigenvalue weighted by Gasteiger charge is -2.31. The predicted molar refractivity (Wildman–Crippen MR) is 89.6 cm³/mol. The van der Waals surface area contributed by atoms with E-state index in [2.05, 4.69) is 29.0 Å². The molecule has 0 aliphatic carbocycles. The van der Waals surface area contributed by atoms with E-state index in [-0.39, 0.29) is 6.10 Å². The zero-order valence-corrected chi connectivity index (χ0v) is 13.9. The van der Waals surface area contributed by atoms with Gasteiger partial charge in [0.2, 0.25) is 0 Å². The number of nitrogens with zero attached hydrogens (tertiary/aromatic N) is 2. The molecule has 1 N–H and O–H groups in total. The molecule has 0 radical (unpaired) electrons. The number of likely N-dealkylation sites (tertiary alicyclic amines) is 1. The molecule has 1 aliphatic rings. The SMILES string of the molecule is C[C@H](CC#CC[NH+]1CCCC[C@@H]1c1cccnc1)OCCC#N. The summed E-state index contributed by atoms with van der Waals surface area (Å²) in [5.74, 6) is 6.56. The van der Waals surface area contributed by atoms with Gasteiger partial charge < -0.3 is 9.64 Å². The lowest BCUT2D eigenvalue weighted by molar-refractivity contribution is -0.930. The van der Waals surface area contributed by atoms with E-state index in [0.29, 0.717) is 19.1 Å². The van der Waals surface area contributed by atoms with E-state index in [1.807, 2.05) is 25.4 Å². The first-order chi connectivity index (χ1) is 11.3. The number of hydrogen-bond donors (Lipinski definition) is 1. The van der Waals surface area contributed by atoms with Gasteiger partial charge in [-0.25, -0.2) is 0 Å². The smallest absolute Gasteiger partial charge is 0.139 e. The third-order valence-corrected chi connectivity index (χ3v) is 4.27. The van der Waals surface area contributed by atoms with E-state index in [9.17, 15) is 0 Å². The van der Waals surface area contributed by atoms with Crippen molar-refractivity contribution in [3.05, 3.63) is 30.1 Å². The average molecular weight is 312 g/mol. The highest BCUT2D eigenvalue weighted by atomic mass is 16.5. The average Bonchev–Trinajstić information content (AvgIpc) is 2.60. The van der Waals surface area contributed by atoms with Gasteiger partial charge in [0.05, 0.1) is 31.7 Å². The standard InChI is InChI=1S/C19H25N3O/c1-17(23-15-7-11-20)8-2-4-13-22-14-5-3-10-19(22)18-9-6-12-21-16-18/h6,9,12,16-17,19H,3,5,7-8,10,13-15H2,1H3/p+1/t17-,19-/m1/s1. The number of nitrogens with one attached hydrogen (secondary N) is 1. The number of ether oxygens (including phenoxy) is 1. The second kappa shape index (κ2) is 10.0. The monoisotopic (exact) mass is 312 g/mol. The van der Waals surface area contributed by atoms with Crippen LogP contribution in [0.5, 0.6) is 0 Å². The highest BCUT2D eigenvalue weighted by Crippen LogP contribution is 2.18. The topological polar surface area (TPSA) is 50.4 Å². The van der Waals surface area contributed by atoms with Gasteiger partial charge in [0.25, 0.3) is 0 Å². The van der Waals surface area contributed by atoms with Crippen LogP contribution in [0.2, 0.25) is 0 Å². The summed E-state index contributed by atoms with van der Waals surface area (Å²) in [5, 5.41) is 8.49. The molecule has 0 spiro atoms. The molecule has 2 heterocycles. The molecule has 0 aromatic carbocycles. The molecule has 1 fully saturated rings. The largest absolute Gasteiger partial charge is 0.376 e. The molecule has 23 heavy (non-hydrogen) atoms. The van der Waals surface area contributed by atoms with Crippen molar-refractivity contribution in [2.75, 3.05) is 19.7 Å². The van der Waals surface area contributed by atoms with Crippen LogP contribution in [0.25, 0.3) is 0 Å². The van der Waals surface area contributed by atoms with Crippen molar-refractivity contribution in [1.82, 2.24) is 4.98 Å². The van der Waals surface area contributed by atoms with Gasteiger partial charge in [-0.2, -0.15) is 5.26 Å². The van der Waals surface area contributed by atoms with Crippen LogP contribution in [-0.4, -0.2) is 30.8 Å². The fourth-order valence-electron chi connectivity index (χ4n) is 3.03. The van der Waals surface area contributed by atoms with Gasteiger partial charge in [-0.05, 0) is 31.8 Å². The van der Waals surface area contributed by atoms with Gasteiger partial charge in [0.1, 0.15) is 12.6 Å². The van der Waals surface area contributed by atoms with Crippen molar-refractivity contribution in [3.8, 4) is 17.9 Å². The number of hydrogen-bond acceptors (Lipinski definition) is 3. The van der Waals surface area contributed by atoms with Crippen LogP contribution in [-0.2, 0) is 4.74 Å². The molecule has 1 saturated heterocycles. The van der Waals surface area contributed by atoms with E-state index >= 15 is 0 Å². The zero-order chi connectivity index (χ0) is 16.3. The molecule has 1 aliphatic heterocycles. The minimum atomic E-state index is 0.0985. The fourth-order valence-corrected chi connectivity index (χ4v) is 3.03. The molecule has 0 saturated carbocycles. The van der Waals surface area contributed by atoms with Gasteiger partial charge >= 0.3 is 0 Å². The van der Waals surface area contributed by atoms with Crippen LogP contribution < -0.4 is 4.90 Å². The molecule has 122 valence electrons. The zero-order valence-electron chi connectivity index (χ0n) is 13.9. The first kappa shape index (κ1) is 17.5. The van der Waals surface area contributed by atoms with Crippen LogP contribution in [0.15, 0.2) is 24.5 Å². The lowest BCUT2D eigenvalue weighted by atomic mass is 9.96. The second-order valence-corrected chi connectivity index (χ2v) is 6.07. The lowest BCUT2D eigenvalue weighted by Crippen LogP contribution is -3.13. The van der Waals surface area contributed by atoms with Crippen molar-refractivity contribution in [1.29, 1.82) is 5.26 Å². The number of pyridine rings is 1. The van der Waals surface area contributed by atoms with Crippen LogP contribution in [0, 0.1) is 23.2 Å². The molecular weight excluding hydrogens is 286 g/mol. The Morgan fingerprint density at radius 2 is 2.35 bits per heavy atom. The molecule has 4 heteroatoms. The van der Waals surface area contributed by atoms with Crippen molar-refractivity contribution in [3.63, 3.8) is 0 Å². The molecule has 3 atom stereocenters. The van der Waals surface area contributed by atoms with Crippen LogP contribution >= 0.6 is 0 Å². The first-order valence-electron chi connectivity index (χ1n) is 8.50. The molecule has 2 rings (SSSR count). The van der Waals surface area contributed by atoms with E-state index in [0.717, 1.165) is 13.0 Å². The summed E-state index contributed by atoms with van der Waals surface area (Å²) in [5.41, 5.74) is 1.33. The van der Waals surface area contributed by atoms with Gasteiger partial charge in [-0.3, -0.25) is 4.98 Å². The van der Waals surface area contributed by atoms with Gasteiger partial charge in [-0.15, -0.1) is 0 Å². The molecule has 0 bridgehead atoms. The van der Waals surface area contributed by atoms with Gasteiger partial charge in [0.15, 0.2) is 0 Å². The highest BCUT2D eigenvalue weighted by molar-refractivity contribution is 5.12. The summed E-state index contributed by atoms with van der Waals surface area (Å²) in [7, 11) is 0. The third-order valence-electron chi connectivity index (χ3n) is 4.27. The van der Waals surface area contributed by atoms with E-state index in [1.165, 1.54) is 31.4 Å².